The van der Waals surface area contributed by atoms with Gasteiger partial charge >= 0.3 is 0 Å². The van der Waals surface area contributed by atoms with E-state index in [1.165, 1.54) is 0 Å². The molecule has 5 nitrogen and oxygen atoms in total. The molecule has 154 valence electrons. The van der Waals surface area contributed by atoms with Crippen LogP contribution in [-0.4, -0.2) is 37.2 Å². The molecular formula is C24H25N3O2S. The SMILES string of the molecule is CC(O)CC(O)C(C)c1ccccc1-c1n[nH]c(=S)n1-c1cccc2ccccc12. The molecule has 0 aliphatic rings. The van der Waals surface area contributed by atoms with E-state index >= 15 is 0 Å². The fourth-order valence-corrected chi connectivity index (χ4v) is 4.19. The van der Waals surface area contributed by atoms with Gasteiger partial charge in [0.05, 0.1) is 17.9 Å². The van der Waals surface area contributed by atoms with E-state index in [0.717, 1.165) is 27.6 Å². The van der Waals surface area contributed by atoms with E-state index in [1.54, 1.807) is 6.92 Å². The zero-order valence-electron chi connectivity index (χ0n) is 17.0. The van der Waals surface area contributed by atoms with Crippen LogP contribution in [0, 0.1) is 4.77 Å². The number of aliphatic hydroxyl groups is 2. The third kappa shape index (κ3) is 3.81. The van der Waals surface area contributed by atoms with Crippen LogP contribution in [0.1, 0.15) is 31.7 Å². The first-order valence-corrected chi connectivity index (χ1v) is 10.5. The lowest BCUT2D eigenvalue weighted by Gasteiger charge is -2.23. The minimum atomic E-state index is -0.668. The number of H-pyrrole nitrogens is 1. The van der Waals surface area contributed by atoms with Gasteiger partial charge in [-0.05, 0) is 42.6 Å². The summed E-state index contributed by atoms with van der Waals surface area (Å²) in [6.45, 7) is 3.66. The summed E-state index contributed by atoms with van der Waals surface area (Å²) in [6, 6.07) is 22.2. The van der Waals surface area contributed by atoms with Gasteiger partial charge in [-0.15, -0.1) is 0 Å². The molecule has 6 heteroatoms. The molecule has 1 aromatic heterocycles. The molecule has 4 aromatic rings. The molecule has 3 aromatic carbocycles. The number of fused-ring (bicyclic) bond motifs is 1. The van der Waals surface area contributed by atoms with Gasteiger partial charge in [0.15, 0.2) is 10.6 Å². The molecule has 1 heterocycles. The highest BCUT2D eigenvalue weighted by Gasteiger charge is 2.23. The molecule has 4 rings (SSSR count). The van der Waals surface area contributed by atoms with E-state index in [4.69, 9.17) is 12.2 Å². The fourth-order valence-electron chi connectivity index (χ4n) is 3.96. The van der Waals surface area contributed by atoms with Crippen molar-refractivity contribution in [3.63, 3.8) is 0 Å². The van der Waals surface area contributed by atoms with Crippen LogP contribution >= 0.6 is 12.2 Å². The standard InChI is InChI=1S/C24H25N3O2S/c1-15(28)14-22(29)16(2)18-10-5-6-12-20(18)23-25-26-24(30)27(23)21-13-7-9-17-8-3-4-11-19(17)21/h3-13,15-16,22,28-29H,14H2,1-2H3,(H,26,30). The number of hydrogen-bond donors (Lipinski definition) is 3. The molecule has 0 saturated carbocycles. The highest BCUT2D eigenvalue weighted by Crippen LogP contribution is 2.33. The highest BCUT2D eigenvalue weighted by atomic mass is 32.1. The second-order valence-electron chi connectivity index (χ2n) is 7.71. The van der Waals surface area contributed by atoms with Gasteiger partial charge in [-0.25, -0.2) is 0 Å². The lowest BCUT2D eigenvalue weighted by molar-refractivity contribution is 0.0763. The lowest BCUT2D eigenvalue weighted by atomic mass is 9.88. The maximum absolute atomic E-state index is 10.6. The number of aliphatic hydroxyl groups excluding tert-OH is 2. The summed E-state index contributed by atoms with van der Waals surface area (Å²) in [5.74, 6) is 0.519. The van der Waals surface area contributed by atoms with Gasteiger partial charge in [-0.3, -0.25) is 9.67 Å². The molecule has 0 fully saturated rings. The van der Waals surface area contributed by atoms with Crippen molar-refractivity contribution >= 4 is 23.0 Å². The molecule has 30 heavy (non-hydrogen) atoms. The van der Waals surface area contributed by atoms with Gasteiger partial charge in [-0.2, -0.15) is 5.10 Å². The summed E-state index contributed by atoms with van der Waals surface area (Å²) in [6.07, 6.45) is -0.926. The molecule has 3 atom stereocenters. The summed E-state index contributed by atoms with van der Waals surface area (Å²) in [4.78, 5) is 0. The van der Waals surface area contributed by atoms with Gasteiger partial charge in [0.2, 0.25) is 0 Å². The molecule has 0 radical (unpaired) electrons. The van der Waals surface area contributed by atoms with Crippen molar-refractivity contribution < 1.29 is 10.2 Å². The fraction of sp³-hybridized carbons (Fsp3) is 0.250. The van der Waals surface area contributed by atoms with Crippen molar-refractivity contribution in [2.45, 2.75) is 38.4 Å². The second-order valence-corrected chi connectivity index (χ2v) is 8.10. The quantitative estimate of drug-likeness (QED) is 0.385. The Morgan fingerprint density at radius 1 is 0.967 bits per heavy atom. The number of benzene rings is 3. The molecule has 0 amide bonds. The zero-order valence-corrected chi connectivity index (χ0v) is 17.8. The minimum Gasteiger partial charge on any atom is -0.393 e. The van der Waals surface area contributed by atoms with Crippen LogP contribution in [0.5, 0.6) is 0 Å². The van der Waals surface area contributed by atoms with E-state index in [2.05, 4.69) is 28.4 Å². The Kier molecular flexibility index (Phi) is 5.81. The van der Waals surface area contributed by atoms with E-state index in [0.29, 0.717) is 17.0 Å². The number of nitrogens with zero attached hydrogens (tertiary/aromatic N) is 2. The van der Waals surface area contributed by atoms with E-state index in [-0.39, 0.29) is 5.92 Å². The average Bonchev–Trinajstić information content (AvgIpc) is 3.13. The van der Waals surface area contributed by atoms with E-state index < -0.39 is 12.2 Å². The van der Waals surface area contributed by atoms with Crippen LogP contribution in [-0.2, 0) is 0 Å². The van der Waals surface area contributed by atoms with Crippen molar-refractivity contribution in [3.8, 4) is 17.1 Å². The third-order valence-corrected chi connectivity index (χ3v) is 5.81. The van der Waals surface area contributed by atoms with Crippen LogP contribution in [0.15, 0.2) is 66.7 Å². The Morgan fingerprint density at radius 3 is 2.47 bits per heavy atom. The first-order valence-electron chi connectivity index (χ1n) is 10.1. The van der Waals surface area contributed by atoms with Gasteiger partial charge in [0, 0.05) is 16.9 Å². The Bertz CT molecular complexity index is 1220. The van der Waals surface area contributed by atoms with Crippen LogP contribution in [0.2, 0.25) is 0 Å². The number of aromatic amines is 1. The maximum atomic E-state index is 10.6. The van der Waals surface area contributed by atoms with Crippen LogP contribution < -0.4 is 0 Å². The first-order chi connectivity index (χ1) is 14.5. The van der Waals surface area contributed by atoms with Crippen LogP contribution in [0.4, 0.5) is 0 Å². The molecule has 3 N–H and O–H groups in total. The largest absolute Gasteiger partial charge is 0.393 e. The monoisotopic (exact) mass is 419 g/mol. The highest BCUT2D eigenvalue weighted by molar-refractivity contribution is 7.71. The molecule has 0 saturated heterocycles. The Labute approximate surface area is 180 Å². The normalized spacial score (nSPS) is 14.5. The molecule has 3 unspecified atom stereocenters. The van der Waals surface area contributed by atoms with Crippen molar-refractivity contribution in [1.29, 1.82) is 0 Å². The summed E-state index contributed by atoms with van der Waals surface area (Å²) in [7, 11) is 0. The second kappa shape index (κ2) is 8.52. The number of rotatable bonds is 6. The Morgan fingerprint density at radius 2 is 1.67 bits per heavy atom. The Hall–Kier alpha value is -2.80. The third-order valence-electron chi connectivity index (χ3n) is 5.53. The predicted molar refractivity (Wildman–Crippen MR) is 122 cm³/mol. The van der Waals surface area contributed by atoms with Crippen LogP contribution in [0.3, 0.4) is 0 Å². The van der Waals surface area contributed by atoms with E-state index in [9.17, 15) is 10.2 Å². The summed E-state index contributed by atoms with van der Waals surface area (Å²) >= 11 is 5.60. The minimum absolute atomic E-state index is 0.179. The topological polar surface area (TPSA) is 74.1 Å². The number of hydrogen-bond acceptors (Lipinski definition) is 4. The molecule has 0 aliphatic heterocycles. The van der Waals surface area contributed by atoms with Gasteiger partial charge in [0.1, 0.15) is 0 Å². The number of nitrogens with one attached hydrogen (secondary N) is 1. The van der Waals surface area contributed by atoms with Crippen molar-refractivity contribution in [3.05, 3.63) is 77.1 Å². The summed E-state index contributed by atoms with van der Waals surface area (Å²) in [5, 5.41) is 30.0. The smallest absolute Gasteiger partial charge is 0.200 e. The van der Waals surface area contributed by atoms with Gasteiger partial charge in [-0.1, -0.05) is 67.6 Å². The van der Waals surface area contributed by atoms with Gasteiger partial charge in [0.25, 0.3) is 0 Å². The zero-order chi connectivity index (χ0) is 21.3. The predicted octanol–water partition coefficient (Wildman–Crippen LogP) is 4.99. The first kappa shape index (κ1) is 20.5. The average molecular weight is 420 g/mol. The van der Waals surface area contributed by atoms with Crippen molar-refractivity contribution in [2.24, 2.45) is 0 Å². The van der Waals surface area contributed by atoms with Crippen LogP contribution in [0.25, 0.3) is 27.8 Å². The number of aromatic nitrogens is 3. The summed E-state index contributed by atoms with van der Waals surface area (Å²) < 4.78 is 2.46. The molecular weight excluding hydrogens is 394 g/mol. The molecule has 0 aliphatic carbocycles. The lowest BCUT2D eigenvalue weighted by Crippen LogP contribution is -2.21. The molecule has 0 spiro atoms. The van der Waals surface area contributed by atoms with E-state index in [1.807, 2.05) is 60.0 Å². The van der Waals surface area contributed by atoms with Crippen molar-refractivity contribution in [2.75, 3.05) is 0 Å². The maximum Gasteiger partial charge on any atom is 0.200 e. The van der Waals surface area contributed by atoms with Crippen molar-refractivity contribution in [1.82, 2.24) is 14.8 Å². The summed E-state index contributed by atoms with van der Waals surface area (Å²) in [5.41, 5.74) is 2.81. The van der Waals surface area contributed by atoms with Gasteiger partial charge < -0.3 is 10.2 Å². The Balaban J connectivity index is 1.88. The molecule has 0 bridgehead atoms.